The van der Waals surface area contributed by atoms with Crippen LogP contribution in [0, 0.1) is 0 Å². The maximum absolute atomic E-state index is 11.5. The van der Waals surface area contributed by atoms with Gasteiger partial charge in [-0.15, -0.1) is 4.89 Å². The Morgan fingerprint density at radius 1 is 1.50 bits per heavy atom. The summed E-state index contributed by atoms with van der Waals surface area (Å²) in [6.45, 7) is 0. The summed E-state index contributed by atoms with van der Waals surface area (Å²) in [7, 11) is -7.18. The van der Waals surface area contributed by atoms with Gasteiger partial charge in [0.1, 0.15) is 0 Å². The first-order chi connectivity index (χ1) is 6.50. The molecule has 14 heavy (non-hydrogen) atoms. The third-order valence-corrected chi connectivity index (χ3v) is 4.45. The molecular formula is C7H7O5P2+. The maximum Gasteiger partial charge on any atom is 0.703 e. The average molecular weight is 233 g/mol. The van der Waals surface area contributed by atoms with Gasteiger partial charge >= 0.3 is 15.9 Å². The fourth-order valence-electron chi connectivity index (χ4n) is 1.32. The van der Waals surface area contributed by atoms with Crippen LogP contribution >= 0.6 is 15.9 Å². The van der Waals surface area contributed by atoms with Crippen LogP contribution in [0.1, 0.15) is 11.1 Å². The molecule has 0 fully saturated rings. The summed E-state index contributed by atoms with van der Waals surface area (Å²) in [5.74, 6) is 0. The van der Waals surface area contributed by atoms with Gasteiger partial charge in [-0.05, 0) is 27.9 Å². The standard InChI is InChI=1S/C7H6O5P2/c8-13(9)12-14(10,11)7-3-1-2-5-4-6(5)7/h1-3H,4H2,(H-,8,9,10,11)/p+1. The SMILES string of the molecule is O=[P+](O)OP(=O)(O)c1cccc2c1C2. The summed E-state index contributed by atoms with van der Waals surface area (Å²) in [6.07, 6.45) is 0.651. The lowest BCUT2D eigenvalue weighted by atomic mass is 10.4. The molecule has 5 nitrogen and oxygen atoms in total. The minimum absolute atomic E-state index is 0.132. The quantitative estimate of drug-likeness (QED) is 0.774. The van der Waals surface area contributed by atoms with Crippen LogP contribution in [-0.2, 0) is 19.9 Å². The number of hydrogen-bond acceptors (Lipinski definition) is 3. The van der Waals surface area contributed by atoms with Gasteiger partial charge in [0.2, 0.25) is 0 Å². The van der Waals surface area contributed by atoms with Crippen LogP contribution in [0.4, 0.5) is 0 Å². The lowest BCUT2D eigenvalue weighted by molar-refractivity contribution is 0.360. The molecule has 2 unspecified atom stereocenters. The predicted octanol–water partition coefficient (Wildman–Crippen LogP) is 1.07. The number of rotatable bonds is 3. The Hall–Kier alpha value is -0.570. The summed E-state index contributed by atoms with van der Waals surface area (Å²) in [5, 5.41) is 0.132. The van der Waals surface area contributed by atoms with Gasteiger partial charge in [0, 0.05) is 4.57 Å². The third kappa shape index (κ3) is 1.78. The normalized spacial score (nSPS) is 18.3. The average Bonchev–Trinajstić information content (AvgIpc) is 2.78. The summed E-state index contributed by atoms with van der Waals surface area (Å²) >= 11 is 0. The summed E-state index contributed by atoms with van der Waals surface area (Å²) in [4.78, 5) is 17.8. The molecule has 1 aliphatic carbocycles. The molecule has 0 aromatic heterocycles. The molecule has 2 atom stereocenters. The predicted molar refractivity (Wildman–Crippen MR) is 49.6 cm³/mol. The van der Waals surface area contributed by atoms with Crippen LogP contribution in [0.15, 0.2) is 18.2 Å². The molecule has 0 saturated carbocycles. The van der Waals surface area contributed by atoms with E-state index in [4.69, 9.17) is 4.89 Å². The fraction of sp³-hybridized carbons (Fsp3) is 0.143. The Kier molecular flexibility index (Phi) is 2.30. The first kappa shape index (κ1) is 9.97. The van der Waals surface area contributed by atoms with E-state index in [-0.39, 0.29) is 5.30 Å². The zero-order valence-electron chi connectivity index (χ0n) is 6.95. The Labute approximate surface area is 80.8 Å². The minimum atomic E-state index is -4.12. The van der Waals surface area contributed by atoms with Crippen molar-refractivity contribution in [3.63, 3.8) is 0 Å². The van der Waals surface area contributed by atoms with Gasteiger partial charge in [-0.3, -0.25) is 4.57 Å². The molecule has 1 aromatic rings. The van der Waals surface area contributed by atoms with Crippen LogP contribution in [0.25, 0.3) is 0 Å². The Morgan fingerprint density at radius 3 is 2.86 bits per heavy atom. The van der Waals surface area contributed by atoms with Crippen LogP contribution in [0.2, 0.25) is 0 Å². The molecule has 0 amide bonds. The summed E-state index contributed by atoms with van der Waals surface area (Å²) < 4.78 is 25.9. The van der Waals surface area contributed by atoms with E-state index in [9.17, 15) is 14.0 Å². The molecule has 0 aliphatic heterocycles. The van der Waals surface area contributed by atoms with Crippen molar-refractivity contribution in [3.05, 3.63) is 29.3 Å². The molecule has 0 bridgehead atoms. The molecule has 0 heterocycles. The lowest BCUT2D eigenvalue weighted by Gasteiger charge is -2.02. The lowest BCUT2D eigenvalue weighted by Crippen LogP contribution is -2.04. The van der Waals surface area contributed by atoms with Crippen molar-refractivity contribution in [3.8, 4) is 0 Å². The molecule has 2 rings (SSSR count). The van der Waals surface area contributed by atoms with Crippen molar-refractivity contribution in [1.82, 2.24) is 0 Å². The highest BCUT2D eigenvalue weighted by molar-refractivity contribution is 7.66. The van der Waals surface area contributed by atoms with Crippen molar-refractivity contribution >= 4 is 21.2 Å². The van der Waals surface area contributed by atoms with E-state index in [1.807, 2.05) is 6.07 Å². The monoisotopic (exact) mass is 233 g/mol. The molecule has 0 radical (unpaired) electrons. The second-order valence-electron chi connectivity index (χ2n) is 2.93. The number of fused-ring (bicyclic) bond motifs is 1. The van der Waals surface area contributed by atoms with Crippen molar-refractivity contribution in [2.24, 2.45) is 0 Å². The highest BCUT2D eigenvalue weighted by atomic mass is 31.2. The van der Waals surface area contributed by atoms with Crippen molar-refractivity contribution in [2.45, 2.75) is 6.42 Å². The highest BCUT2D eigenvalue weighted by Gasteiger charge is 2.39. The zero-order chi connectivity index (χ0) is 10.3. The van der Waals surface area contributed by atoms with Crippen molar-refractivity contribution in [2.75, 3.05) is 0 Å². The van der Waals surface area contributed by atoms with Gasteiger partial charge in [0.05, 0.1) is 5.30 Å². The minimum Gasteiger partial charge on any atom is -0.318 e. The fourth-order valence-corrected chi connectivity index (χ4v) is 3.27. The molecule has 2 N–H and O–H groups in total. The van der Waals surface area contributed by atoms with E-state index in [1.165, 1.54) is 6.07 Å². The maximum atomic E-state index is 11.5. The molecule has 1 aliphatic rings. The first-order valence-corrected chi connectivity index (χ1v) is 6.51. The Bertz CT molecular complexity index is 455. The topological polar surface area (TPSA) is 83.8 Å². The third-order valence-electron chi connectivity index (χ3n) is 1.98. The van der Waals surface area contributed by atoms with E-state index >= 15 is 0 Å². The van der Waals surface area contributed by atoms with Crippen LogP contribution in [0.5, 0.6) is 0 Å². The second-order valence-corrected chi connectivity index (χ2v) is 5.58. The zero-order valence-corrected chi connectivity index (χ0v) is 8.74. The summed E-state index contributed by atoms with van der Waals surface area (Å²) in [6, 6.07) is 4.89. The number of benzene rings is 1. The van der Waals surface area contributed by atoms with Crippen molar-refractivity contribution in [1.29, 1.82) is 0 Å². The van der Waals surface area contributed by atoms with E-state index in [1.54, 1.807) is 6.07 Å². The Morgan fingerprint density at radius 2 is 2.21 bits per heavy atom. The van der Waals surface area contributed by atoms with Gasteiger partial charge in [-0.25, -0.2) is 0 Å². The van der Waals surface area contributed by atoms with Gasteiger partial charge in [-0.1, -0.05) is 12.1 Å². The molecular weight excluding hydrogens is 226 g/mol. The molecule has 7 heteroatoms. The Balaban J connectivity index is 2.36. The van der Waals surface area contributed by atoms with Gasteiger partial charge in [-0.2, -0.15) is 0 Å². The van der Waals surface area contributed by atoms with E-state index in [0.29, 0.717) is 6.42 Å². The number of hydrogen-bond donors (Lipinski definition) is 2. The van der Waals surface area contributed by atoms with Gasteiger partial charge in [0.25, 0.3) is 0 Å². The molecule has 0 spiro atoms. The van der Waals surface area contributed by atoms with Crippen molar-refractivity contribution < 1.29 is 23.2 Å². The van der Waals surface area contributed by atoms with E-state index < -0.39 is 15.9 Å². The largest absolute Gasteiger partial charge is 0.703 e. The molecule has 74 valence electrons. The summed E-state index contributed by atoms with van der Waals surface area (Å²) in [5.41, 5.74) is 1.73. The van der Waals surface area contributed by atoms with Gasteiger partial charge in [0.15, 0.2) is 0 Å². The highest BCUT2D eigenvalue weighted by Crippen LogP contribution is 2.51. The van der Waals surface area contributed by atoms with Crippen LogP contribution < -0.4 is 5.30 Å². The van der Waals surface area contributed by atoms with E-state index in [0.717, 1.165) is 11.1 Å². The first-order valence-electron chi connectivity index (χ1n) is 3.81. The van der Waals surface area contributed by atoms with Crippen LogP contribution in [-0.4, -0.2) is 9.79 Å². The molecule has 0 saturated heterocycles. The van der Waals surface area contributed by atoms with Crippen LogP contribution in [0.3, 0.4) is 0 Å². The second kappa shape index (κ2) is 3.23. The molecule has 1 aromatic carbocycles. The van der Waals surface area contributed by atoms with E-state index in [2.05, 4.69) is 4.31 Å². The van der Waals surface area contributed by atoms with Gasteiger partial charge < -0.3 is 4.89 Å². The smallest absolute Gasteiger partial charge is 0.318 e.